The van der Waals surface area contributed by atoms with Crippen molar-refractivity contribution in [1.29, 1.82) is 0 Å². The number of fused-ring (bicyclic) bond motifs is 1. The number of amides is 1. The molecule has 0 unspecified atom stereocenters. The highest BCUT2D eigenvalue weighted by Gasteiger charge is 2.37. The van der Waals surface area contributed by atoms with Crippen LogP contribution in [0.15, 0.2) is 30.3 Å². The molecule has 2 aliphatic heterocycles. The molecule has 2 heterocycles. The van der Waals surface area contributed by atoms with Crippen LogP contribution in [0.4, 0.5) is 0 Å². The molecule has 7 heteroatoms. The summed E-state index contributed by atoms with van der Waals surface area (Å²) >= 11 is 0. The predicted molar refractivity (Wildman–Crippen MR) is 86.6 cm³/mol. The van der Waals surface area contributed by atoms with Crippen molar-refractivity contribution in [3.8, 4) is 0 Å². The second-order valence-electron chi connectivity index (χ2n) is 6.20. The van der Waals surface area contributed by atoms with E-state index in [1.54, 1.807) is 0 Å². The number of rotatable bonds is 2. The molecule has 3 rings (SSSR count). The standard InChI is InChI=1S/C16H22N2O4S/c1-23(20,21)18-9-10-22-15-12-17(8-7-14(15)11-18)16(19)13-5-3-2-4-6-13/h2-6,14-15H,7-12H2,1H3/t14-,15-/m0/s1. The number of piperidine rings is 1. The monoisotopic (exact) mass is 338 g/mol. The highest BCUT2D eigenvalue weighted by molar-refractivity contribution is 7.88. The Hall–Kier alpha value is -1.44. The van der Waals surface area contributed by atoms with E-state index in [4.69, 9.17) is 4.74 Å². The van der Waals surface area contributed by atoms with E-state index in [0.717, 1.165) is 6.42 Å². The Morgan fingerprint density at radius 3 is 2.61 bits per heavy atom. The van der Waals surface area contributed by atoms with Gasteiger partial charge >= 0.3 is 0 Å². The fourth-order valence-corrected chi connectivity index (χ4v) is 4.14. The Morgan fingerprint density at radius 2 is 1.91 bits per heavy atom. The van der Waals surface area contributed by atoms with Crippen LogP contribution >= 0.6 is 0 Å². The molecular weight excluding hydrogens is 316 g/mol. The van der Waals surface area contributed by atoms with Gasteiger partial charge in [0, 0.05) is 37.7 Å². The van der Waals surface area contributed by atoms with E-state index in [0.29, 0.717) is 38.3 Å². The summed E-state index contributed by atoms with van der Waals surface area (Å²) in [5, 5.41) is 0. The van der Waals surface area contributed by atoms with Gasteiger partial charge in [-0.25, -0.2) is 8.42 Å². The first-order valence-electron chi connectivity index (χ1n) is 7.86. The van der Waals surface area contributed by atoms with Crippen molar-refractivity contribution in [2.75, 3.05) is 39.0 Å². The first-order valence-corrected chi connectivity index (χ1v) is 9.71. The van der Waals surface area contributed by atoms with E-state index in [2.05, 4.69) is 0 Å². The Balaban J connectivity index is 1.69. The van der Waals surface area contributed by atoms with Gasteiger partial charge in [-0.05, 0) is 18.6 Å². The molecule has 0 spiro atoms. The fourth-order valence-electron chi connectivity index (χ4n) is 3.27. The molecule has 0 aliphatic carbocycles. The molecule has 23 heavy (non-hydrogen) atoms. The summed E-state index contributed by atoms with van der Waals surface area (Å²) in [7, 11) is -3.20. The third-order valence-corrected chi connectivity index (χ3v) is 5.85. The number of likely N-dealkylation sites (tertiary alicyclic amines) is 1. The van der Waals surface area contributed by atoms with Crippen LogP contribution in [0, 0.1) is 5.92 Å². The lowest BCUT2D eigenvalue weighted by atomic mass is 9.93. The van der Waals surface area contributed by atoms with Crippen LogP contribution in [-0.2, 0) is 14.8 Å². The summed E-state index contributed by atoms with van der Waals surface area (Å²) in [5.74, 6) is 0.156. The van der Waals surface area contributed by atoms with Crippen LogP contribution in [0.5, 0.6) is 0 Å². The van der Waals surface area contributed by atoms with Crippen molar-refractivity contribution < 1.29 is 17.9 Å². The van der Waals surface area contributed by atoms with Gasteiger partial charge in [0.05, 0.1) is 19.0 Å². The number of ether oxygens (including phenoxy) is 1. The molecule has 0 radical (unpaired) electrons. The average Bonchev–Trinajstić information content (AvgIpc) is 2.76. The third-order valence-electron chi connectivity index (χ3n) is 4.58. The molecule has 0 N–H and O–H groups in total. The summed E-state index contributed by atoms with van der Waals surface area (Å²) in [6.07, 6.45) is 1.90. The zero-order valence-electron chi connectivity index (χ0n) is 13.2. The van der Waals surface area contributed by atoms with Crippen LogP contribution < -0.4 is 0 Å². The number of hydrogen-bond donors (Lipinski definition) is 0. The fraction of sp³-hybridized carbons (Fsp3) is 0.562. The van der Waals surface area contributed by atoms with Crippen molar-refractivity contribution in [3.63, 3.8) is 0 Å². The second kappa shape index (κ2) is 6.59. The summed E-state index contributed by atoms with van der Waals surface area (Å²) in [6.45, 7) is 2.41. The van der Waals surface area contributed by atoms with Gasteiger partial charge in [-0.15, -0.1) is 0 Å². The van der Waals surface area contributed by atoms with Crippen LogP contribution in [0.2, 0.25) is 0 Å². The molecule has 0 bridgehead atoms. The first kappa shape index (κ1) is 16.4. The SMILES string of the molecule is CS(=O)(=O)N1CCO[C@H]2CN(C(=O)c3ccccc3)CC[C@H]2C1. The molecule has 1 aromatic rings. The molecule has 6 nitrogen and oxygen atoms in total. The number of carbonyl (C=O) groups is 1. The van der Waals surface area contributed by atoms with Crippen LogP contribution in [0.25, 0.3) is 0 Å². The molecule has 2 saturated heterocycles. The maximum atomic E-state index is 12.5. The lowest BCUT2D eigenvalue weighted by molar-refractivity contribution is -0.0170. The van der Waals surface area contributed by atoms with Gasteiger partial charge in [-0.1, -0.05) is 18.2 Å². The Kier molecular flexibility index (Phi) is 4.70. The third kappa shape index (κ3) is 3.73. The largest absolute Gasteiger partial charge is 0.375 e. The van der Waals surface area contributed by atoms with Crippen molar-refractivity contribution >= 4 is 15.9 Å². The maximum Gasteiger partial charge on any atom is 0.253 e. The molecule has 0 saturated carbocycles. The summed E-state index contributed by atoms with van der Waals surface area (Å²) in [6, 6.07) is 9.22. The van der Waals surface area contributed by atoms with Gasteiger partial charge < -0.3 is 9.64 Å². The number of sulfonamides is 1. The summed E-state index contributed by atoms with van der Waals surface area (Å²) in [5.41, 5.74) is 0.678. The van der Waals surface area contributed by atoms with Gasteiger partial charge in [-0.2, -0.15) is 4.31 Å². The molecule has 2 aliphatic rings. The quantitative estimate of drug-likeness (QED) is 0.800. The smallest absolute Gasteiger partial charge is 0.253 e. The van der Waals surface area contributed by atoms with E-state index in [9.17, 15) is 13.2 Å². The van der Waals surface area contributed by atoms with Crippen molar-refractivity contribution in [2.24, 2.45) is 5.92 Å². The number of benzene rings is 1. The average molecular weight is 338 g/mol. The maximum absolute atomic E-state index is 12.5. The number of hydrogen-bond acceptors (Lipinski definition) is 4. The summed E-state index contributed by atoms with van der Waals surface area (Å²) in [4.78, 5) is 14.4. The van der Waals surface area contributed by atoms with Crippen LogP contribution in [0.1, 0.15) is 16.8 Å². The lowest BCUT2D eigenvalue weighted by Gasteiger charge is -2.37. The highest BCUT2D eigenvalue weighted by Crippen LogP contribution is 2.26. The van der Waals surface area contributed by atoms with Crippen LogP contribution in [-0.4, -0.2) is 68.7 Å². The molecule has 1 amide bonds. The topological polar surface area (TPSA) is 66.9 Å². The van der Waals surface area contributed by atoms with Crippen LogP contribution in [0.3, 0.4) is 0 Å². The van der Waals surface area contributed by atoms with E-state index < -0.39 is 10.0 Å². The van der Waals surface area contributed by atoms with E-state index >= 15 is 0 Å². The lowest BCUT2D eigenvalue weighted by Crippen LogP contribution is -2.49. The molecular formula is C16H22N2O4S. The zero-order chi connectivity index (χ0) is 16.4. The number of nitrogens with zero attached hydrogens (tertiary/aromatic N) is 2. The van der Waals surface area contributed by atoms with Gasteiger partial charge in [-0.3, -0.25) is 4.79 Å². The van der Waals surface area contributed by atoms with E-state index in [1.807, 2.05) is 35.2 Å². The predicted octanol–water partition coefficient (Wildman–Crippen LogP) is 0.809. The Bertz CT molecular complexity index is 662. The van der Waals surface area contributed by atoms with Gasteiger partial charge in [0.15, 0.2) is 0 Å². The molecule has 2 atom stereocenters. The minimum Gasteiger partial charge on any atom is -0.375 e. The van der Waals surface area contributed by atoms with E-state index in [1.165, 1.54) is 10.6 Å². The minimum atomic E-state index is -3.20. The van der Waals surface area contributed by atoms with Crippen molar-refractivity contribution in [2.45, 2.75) is 12.5 Å². The van der Waals surface area contributed by atoms with Gasteiger partial charge in [0.25, 0.3) is 5.91 Å². The normalized spacial score (nSPS) is 26.4. The summed E-state index contributed by atoms with van der Waals surface area (Å²) < 4.78 is 30.9. The van der Waals surface area contributed by atoms with Gasteiger partial charge in [0.1, 0.15) is 0 Å². The van der Waals surface area contributed by atoms with Gasteiger partial charge in [0.2, 0.25) is 10.0 Å². The molecule has 2 fully saturated rings. The number of carbonyl (C=O) groups excluding carboxylic acids is 1. The molecule has 0 aromatic heterocycles. The van der Waals surface area contributed by atoms with Crippen molar-refractivity contribution in [1.82, 2.24) is 9.21 Å². The molecule has 1 aromatic carbocycles. The molecule has 126 valence electrons. The minimum absolute atomic E-state index is 0.0110. The second-order valence-corrected chi connectivity index (χ2v) is 8.18. The Morgan fingerprint density at radius 1 is 1.17 bits per heavy atom. The first-order chi connectivity index (χ1) is 10.9. The van der Waals surface area contributed by atoms with Crippen molar-refractivity contribution in [3.05, 3.63) is 35.9 Å². The highest BCUT2D eigenvalue weighted by atomic mass is 32.2. The van der Waals surface area contributed by atoms with E-state index in [-0.39, 0.29) is 17.9 Å². The Labute approximate surface area is 137 Å². The zero-order valence-corrected chi connectivity index (χ0v) is 14.0.